The van der Waals surface area contributed by atoms with E-state index in [0.717, 1.165) is 27.9 Å². The highest BCUT2D eigenvalue weighted by Crippen LogP contribution is 2.32. The number of nitrogens with zero attached hydrogens (tertiary/aromatic N) is 1. The molecule has 5 heteroatoms. The number of ether oxygens (including phenoxy) is 1. The highest BCUT2D eigenvalue weighted by Gasteiger charge is 2.39. The van der Waals surface area contributed by atoms with Gasteiger partial charge in [0.2, 0.25) is 0 Å². The van der Waals surface area contributed by atoms with Crippen LogP contribution in [0.1, 0.15) is 48.1 Å². The van der Waals surface area contributed by atoms with Crippen molar-refractivity contribution in [3.8, 4) is 0 Å². The number of carbonyl (C=O) groups excluding carboxylic acids is 2. The normalized spacial score (nSPS) is 14.2. The van der Waals surface area contributed by atoms with Crippen molar-refractivity contribution in [1.29, 1.82) is 0 Å². The Bertz CT molecular complexity index is 1040. The lowest BCUT2D eigenvalue weighted by Gasteiger charge is -2.16. The maximum Gasteiger partial charge on any atom is 0.278 e. The first-order chi connectivity index (χ1) is 14.7. The maximum atomic E-state index is 13.3. The van der Waals surface area contributed by atoms with E-state index in [1.165, 1.54) is 10.5 Å². The largest absolute Gasteiger partial charge is 0.379 e. The quantitative estimate of drug-likeness (QED) is 0.486. The van der Waals surface area contributed by atoms with Crippen molar-refractivity contribution in [3.63, 3.8) is 0 Å². The second-order valence-electron chi connectivity index (χ2n) is 8.51. The molecule has 5 nitrogen and oxygen atoms in total. The van der Waals surface area contributed by atoms with Crippen molar-refractivity contribution in [2.45, 2.75) is 54.1 Å². The molecule has 31 heavy (non-hydrogen) atoms. The van der Waals surface area contributed by atoms with Crippen LogP contribution in [-0.4, -0.2) is 36.0 Å². The Morgan fingerprint density at radius 3 is 2.13 bits per heavy atom. The third kappa shape index (κ3) is 5.05. The van der Waals surface area contributed by atoms with Gasteiger partial charge in [-0.25, -0.2) is 0 Å². The zero-order valence-corrected chi connectivity index (χ0v) is 19.3. The summed E-state index contributed by atoms with van der Waals surface area (Å²) in [5.74, 6) is -0.551. The van der Waals surface area contributed by atoms with Crippen LogP contribution in [0.4, 0.5) is 5.69 Å². The number of hydrogen-bond acceptors (Lipinski definition) is 4. The minimum Gasteiger partial charge on any atom is -0.379 e. The summed E-state index contributed by atoms with van der Waals surface area (Å²) in [6, 6.07) is 11.8. The summed E-state index contributed by atoms with van der Waals surface area (Å²) in [6.45, 7) is 12.9. The molecule has 1 N–H and O–H groups in total. The molecule has 1 heterocycles. The van der Waals surface area contributed by atoms with Crippen LogP contribution < -0.4 is 5.32 Å². The number of hydrogen-bond donors (Lipinski definition) is 1. The van der Waals surface area contributed by atoms with Crippen molar-refractivity contribution in [3.05, 3.63) is 69.9 Å². The second-order valence-corrected chi connectivity index (χ2v) is 8.51. The number of imide groups is 1. The van der Waals surface area contributed by atoms with Gasteiger partial charge in [0.05, 0.1) is 11.7 Å². The van der Waals surface area contributed by atoms with Crippen molar-refractivity contribution in [2.24, 2.45) is 0 Å². The summed E-state index contributed by atoms with van der Waals surface area (Å²) in [5, 5.41) is 3.25. The van der Waals surface area contributed by atoms with Gasteiger partial charge in [-0.1, -0.05) is 24.3 Å². The first kappa shape index (κ1) is 22.8. The third-order valence-electron chi connectivity index (χ3n) is 5.72. The van der Waals surface area contributed by atoms with E-state index in [0.29, 0.717) is 30.8 Å². The number of nitrogens with one attached hydrogen (secondary N) is 1. The molecule has 0 aliphatic carbocycles. The molecule has 0 saturated carbocycles. The minimum absolute atomic E-state index is 0.121. The summed E-state index contributed by atoms with van der Waals surface area (Å²) in [4.78, 5) is 27.9. The molecule has 0 radical (unpaired) electrons. The molecular weight excluding hydrogens is 388 g/mol. The Hall–Kier alpha value is -2.92. The fourth-order valence-electron chi connectivity index (χ4n) is 3.57. The third-order valence-corrected chi connectivity index (χ3v) is 5.72. The highest BCUT2D eigenvalue weighted by atomic mass is 16.5. The number of benzene rings is 2. The van der Waals surface area contributed by atoms with Crippen LogP contribution in [0.25, 0.3) is 5.57 Å². The molecule has 1 aliphatic heterocycles. The van der Waals surface area contributed by atoms with Crippen LogP contribution in [0.5, 0.6) is 0 Å². The molecule has 0 atom stereocenters. The topological polar surface area (TPSA) is 58.6 Å². The lowest BCUT2D eigenvalue weighted by molar-refractivity contribution is -0.137. The van der Waals surface area contributed by atoms with E-state index in [1.54, 1.807) is 0 Å². The molecule has 2 aromatic carbocycles. The molecule has 0 spiro atoms. The predicted molar refractivity (Wildman–Crippen MR) is 125 cm³/mol. The van der Waals surface area contributed by atoms with Crippen LogP contribution in [0.3, 0.4) is 0 Å². The Morgan fingerprint density at radius 2 is 1.52 bits per heavy atom. The molecule has 0 fully saturated rings. The Morgan fingerprint density at radius 1 is 0.871 bits per heavy atom. The van der Waals surface area contributed by atoms with Crippen molar-refractivity contribution >= 4 is 23.1 Å². The zero-order valence-electron chi connectivity index (χ0n) is 19.3. The fraction of sp³-hybridized carbons (Fsp3) is 0.385. The molecule has 0 saturated heterocycles. The summed E-state index contributed by atoms with van der Waals surface area (Å²) < 4.78 is 5.58. The van der Waals surface area contributed by atoms with E-state index >= 15 is 0 Å². The molecule has 0 bridgehead atoms. The molecule has 2 aromatic rings. The molecule has 2 amide bonds. The SMILES string of the molecule is Cc1ccc(NC2=C(c3ccc(C)c(C)c3)C(=O)N(CCCOC(C)C)C2=O)cc1C. The lowest BCUT2D eigenvalue weighted by Crippen LogP contribution is -2.34. The second kappa shape index (κ2) is 9.48. The van der Waals surface area contributed by atoms with Gasteiger partial charge in [-0.2, -0.15) is 0 Å². The van der Waals surface area contributed by atoms with Gasteiger partial charge < -0.3 is 10.1 Å². The standard InChI is InChI=1S/C26H32N2O3/c1-16(2)31-13-7-12-28-25(29)23(21-10-8-17(3)19(5)14-21)24(26(28)30)27-22-11-9-18(4)20(6)15-22/h8-11,14-16,27H,7,12-13H2,1-6H3. The van der Waals surface area contributed by atoms with Crippen molar-refractivity contribution < 1.29 is 14.3 Å². The Balaban J connectivity index is 1.95. The average Bonchev–Trinajstić information content (AvgIpc) is 2.94. The summed E-state index contributed by atoms with van der Waals surface area (Å²) >= 11 is 0. The van der Waals surface area contributed by atoms with Gasteiger partial charge in [0.15, 0.2) is 0 Å². The summed E-state index contributed by atoms with van der Waals surface area (Å²) in [6.07, 6.45) is 0.725. The molecule has 1 aliphatic rings. The van der Waals surface area contributed by atoms with Crippen LogP contribution in [0.15, 0.2) is 42.1 Å². The summed E-state index contributed by atoms with van der Waals surface area (Å²) in [5.41, 5.74) is 6.84. The van der Waals surface area contributed by atoms with E-state index in [-0.39, 0.29) is 17.9 Å². The first-order valence-corrected chi connectivity index (χ1v) is 10.8. The van der Waals surface area contributed by atoms with Crippen LogP contribution in [0.2, 0.25) is 0 Å². The fourth-order valence-corrected chi connectivity index (χ4v) is 3.57. The number of rotatable bonds is 8. The molecule has 3 rings (SSSR count). The van der Waals surface area contributed by atoms with Gasteiger partial charge >= 0.3 is 0 Å². The van der Waals surface area contributed by atoms with E-state index in [9.17, 15) is 9.59 Å². The molecule has 0 unspecified atom stereocenters. The van der Waals surface area contributed by atoms with Crippen LogP contribution >= 0.6 is 0 Å². The number of carbonyl (C=O) groups is 2. The predicted octanol–water partition coefficient (Wildman–Crippen LogP) is 4.93. The molecular formula is C26H32N2O3. The van der Waals surface area contributed by atoms with Gasteiger partial charge in [-0.15, -0.1) is 0 Å². The molecule has 164 valence electrons. The van der Waals surface area contributed by atoms with Gasteiger partial charge in [0.25, 0.3) is 11.8 Å². The lowest BCUT2D eigenvalue weighted by atomic mass is 9.99. The first-order valence-electron chi connectivity index (χ1n) is 10.8. The van der Waals surface area contributed by atoms with Crippen LogP contribution in [0, 0.1) is 27.7 Å². The van der Waals surface area contributed by atoms with E-state index in [4.69, 9.17) is 4.74 Å². The Kier molecular flexibility index (Phi) is 6.96. The monoisotopic (exact) mass is 420 g/mol. The highest BCUT2D eigenvalue weighted by molar-refractivity contribution is 6.36. The molecule has 0 aromatic heterocycles. The van der Waals surface area contributed by atoms with E-state index < -0.39 is 0 Å². The Labute approximate surface area is 185 Å². The van der Waals surface area contributed by atoms with Gasteiger partial charge in [0.1, 0.15) is 5.70 Å². The van der Waals surface area contributed by atoms with Gasteiger partial charge in [-0.05, 0) is 87.9 Å². The zero-order chi connectivity index (χ0) is 22.7. The van der Waals surface area contributed by atoms with Gasteiger partial charge in [0, 0.05) is 18.8 Å². The summed E-state index contributed by atoms with van der Waals surface area (Å²) in [7, 11) is 0. The van der Waals surface area contributed by atoms with Gasteiger partial charge in [-0.3, -0.25) is 14.5 Å². The average molecular weight is 421 g/mol. The number of anilines is 1. The maximum absolute atomic E-state index is 13.3. The van der Waals surface area contributed by atoms with Crippen molar-refractivity contribution in [1.82, 2.24) is 4.90 Å². The number of aryl methyl sites for hydroxylation is 4. The van der Waals surface area contributed by atoms with E-state index in [1.807, 2.05) is 77.9 Å². The van der Waals surface area contributed by atoms with Crippen molar-refractivity contribution in [2.75, 3.05) is 18.5 Å². The smallest absolute Gasteiger partial charge is 0.278 e. The minimum atomic E-state index is -0.291. The number of amides is 2. The van der Waals surface area contributed by atoms with E-state index in [2.05, 4.69) is 5.32 Å². The van der Waals surface area contributed by atoms with Crippen LogP contribution in [-0.2, 0) is 14.3 Å².